The average molecular weight is 341 g/mol. The molecule has 0 aromatic carbocycles. The predicted octanol–water partition coefficient (Wildman–Crippen LogP) is 0.832. The maximum Gasteiger partial charge on any atom is 0.321 e. The van der Waals surface area contributed by atoms with Gasteiger partial charge in [0.1, 0.15) is 11.3 Å². The molecule has 0 spiro atoms. The molecule has 0 atom stereocenters. The zero-order valence-electron chi connectivity index (χ0n) is 14.5. The Bertz CT molecular complexity index is 920. The Kier molecular flexibility index (Phi) is 4.46. The molecule has 0 aliphatic rings. The Labute approximate surface area is 144 Å². The van der Waals surface area contributed by atoms with Crippen molar-refractivity contribution in [3.63, 3.8) is 0 Å². The summed E-state index contributed by atoms with van der Waals surface area (Å²) >= 11 is 0. The van der Waals surface area contributed by atoms with E-state index in [1.165, 1.54) is 7.11 Å². The van der Waals surface area contributed by atoms with Gasteiger partial charge >= 0.3 is 6.01 Å². The first-order chi connectivity index (χ1) is 12.0. The lowest BCUT2D eigenvalue weighted by molar-refractivity contribution is 0.0943. The number of nitrogens with zero attached hydrogens (tertiary/aromatic N) is 6. The SMILES string of the molecule is COc1nc(CNC(=O)c2c(C)nc3ccccn23)nc(N(C)C)n1. The molecule has 3 rings (SSSR count). The van der Waals surface area contributed by atoms with Crippen molar-refractivity contribution in [1.82, 2.24) is 29.7 Å². The molecule has 3 aromatic heterocycles. The van der Waals surface area contributed by atoms with E-state index in [4.69, 9.17) is 4.74 Å². The number of pyridine rings is 1. The summed E-state index contributed by atoms with van der Waals surface area (Å²) in [5, 5.41) is 2.83. The zero-order valence-corrected chi connectivity index (χ0v) is 14.5. The van der Waals surface area contributed by atoms with Gasteiger partial charge in [-0.15, -0.1) is 0 Å². The van der Waals surface area contributed by atoms with Crippen LogP contribution in [0.25, 0.3) is 5.65 Å². The van der Waals surface area contributed by atoms with E-state index in [1.807, 2.05) is 32.3 Å². The van der Waals surface area contributed by atoms with E-state index in [9.17, 15) is 4.79 Å². The molecule has 0 aliphatic heterocycles. The highest BCUT2D eigenvalue weighted by Gasteiger charge is 2.17. The highest BCUT2D eigenvalue weighted by Crippen LogP contribution is 2.13. The van der Waals surface area contributed by atoms with E-state index >= 15 is 0 Å². The first-order valence-electron chi connectivity index (χ1n) is 7.67. The number of hydrogen-bond acceptors (Lipinski definition) is 7. The number of methoxy groups -OCH3 is 1. The second kappa shape index (κ2) is 6.71. The van der Waals surface area contributed by atoms with Crippen molar-refractivity contribution < 1.29 is 9.53 Å². The molecule has 9 heteroatoms. The number of hydrogen-bond donors (Lipinski definition) is 1. The largest absolute Gasteiger partial charge is 0.467 e. The van der Waals surface area contributed by atoms with E-state index < -0.39 is 0 Å². The van der Waals surface area contributed by atoms with Crippen LogP contribution in [-0.2, 0) is 6.54 Å². The molecule has 0 radical (unpaired) electrons. The lowest BCUT2D eigenvalue weighted by Gasteiger charge is -2.12. The van der Waals surface area contributed by atoms with Crippen molar-refractivity contribution in [2.75, 3.05) is 26.1 Å². The standard InChI is InChI=1S/C16H19N7O2/c1-10-13(23-8-6-5-7-12(23)18-10)14(24)17-9-11-19-15(22(2)3)21-16(20-11)25-4/h5-8H,9H2,1-4H3,(H,17,24). The first-order valence-corrected chi connectivity index (χ1v) is 7.67. The topological polar surface area (TPSA) is 97.5 Å². The highest BCUT2D eigenvalue weighted by atomic mass is 16.5. The van der Waals surface area contributed by atoms with Crippen molar-refractivity contribution in [2.45, 2.75) is 13.5 Å². The zero-order chi connectivity index (χ0) is 18.0. The molecule has 130 valence electrons. The van der Waals surface area contributed by atoms with Gasteiger partial charge in [-0.05, 0) is 19.1 Å². The van der Waals surface area contributed by atoms with Crippen molar-refractivity contribution in [1.29, 1.82) is 0 Å². The lowest BCUT2D eigenvalue weighted by atomic mass is 10.3. The van der Waals surface area contributed by atoms with Crippen LogP contribution in [0.3, 0.4) is 0 Å². The molecule has 3 aromatic rings. The van der Waals surface area contributed by atoms with Gasteiger partial charge in [-0.25, -0.2) is 4.98 Å². The molecule has 0 saturated carbocycles. The van der Waals surface area contributed by atoms with Gasteiger partial charge in [0, 0.05) is 20.3 Å². The van der Waals surface area contributed by atoms with Crippen molar-refractivity contribution in [3.05, 3.63) is 41.6 Å². The van der Waals surface area contributed by atoms with E-state index in [1.54, 1.807) is 22.4 Å². The molecular weight excluding hydrogens is 322 g/mol. The van der Waals surface area contributed by atoms with E-state index in [0.717, 1.165) is 5.65 Å². The Hall–Kier alpha value is -3.23. The minimum absolute atomic E-state index is 0.151. The predicted molar refractivity (Wildman–Crippen MR) is 91.8 cm³/mol. The Morgan fingerprint density at radius 3 is 2.76 bits per heavy atom. The normalized spacial score (nSPS) is 10.7. The average Bonchev–Trinajstić information content (AvgIpc) is 2.95. The number of aryl methyl sites for hydroxylation is 1. The second-order valence-electron chi connectivity index (χ2n) is 5.59. The van der Waals surface area contributed by atoms with Crippen molar-refractivity contribution in [2.24, 2.45) is 0 Å². The van der Waals surface area contributed by atoms with Crippen molar-refractivity contribution >= 4 is 17.5 Å². The molecular formula is C16H19N7O2. The number of carbonyl (C=O) groups is 1. The number of fused-ring (bicyclic) bond motifs is 1. The molecule has 3 heterocycles. The van der Waals surface area contributed by atoms with Gasteiger partial charge in [0.25, 0.3) is 5.91 Å². The molecule has 1 N–H and O–H groups in total. The van der Waals surface area contributed by atoms with Gasteiger partial charge in [-0.1, -0.05) is 6.07 Å². The summed E-state index contributed by atoms with van der Waals surface area (Å²) < 4.78 is 6.84. The molecule has 9 nitrogen and oxygen atoms in total. The highest BCUT2D eigenvalue weighted by molar-refractivity contribution is 5.94. The van der Waals surface area contributed by atoms with Gasteiger partial charge < -0.3 is 15.0 Å². The van der Waals surface area contributed by atoms with Gasteiger partial charge in [0.2, 0.25) is 5.95 Å². The van der Waals surface area contributed by atoms with Gasteiger partial charge in [-0.3, -0.25) is 9.20 Å². The number of nitrogens with one attached hydrogen (secondary N) is 1. The third-order valence-electron chi connectivity index (χ3n) is 3.56. The van der Waals surface area contributed by atoms with Crippen LogP contribution in [0, 0.1) is 6.92 Å². The third kappa shape index (κ3) is 3.35. The summed E-state index contributed by atoms with van der Waals surface area (Å²) in [6.45, 7) is 1.95. The second-order valence-corrected chi connectivity index (χ2v) is 5.59. The molecule has 0 unspecified atom stereocenters. The molecule has 25 heavy (non-hydrogen) atoms. The van der Waals surface area contributed by atoms with Crippen LogP contribution in [0.15, 0.2) is 24.4 Å². The summed E-state index contributed by atoms with van der Waals surface area (Å²) in [7, 11) is 5.12. The number of imidazole rings is 1. The fraction of sp³-hybridized carbons (Fsp3) is 0.312. The fourth-order valence-electron chi connectivity index (χ4n) is 2.39. The Morgan fingerprint density at radius 1 is 1.24 bits per heavy atom. The van der Waals surface area contributed by atoms with Crippen LogP contribution in [-0.4, -0.2) is 51.4 Å². The maximum atomic E-state index is 12.6. The van der Waals surface area contributed by atoms with Gasteiger partial charge in [0.15, 0.2) is 5.82 Å². The Morgan fingerprint density at radius 2 is 2.04 bits per heavy atom. The number of anilines is 1. The maximum absolute atomic E-state index is 12.6. The minimum Gasteiger partial charge on any atom is -0.467 e. The van der Waals surface area contributed by atoms with Crippen LogP contribution in [0.4, 0.5) is 5.95 Å². The smallest absolute Gasteiger partial charge is 0.321 e. The van der Waals surface area contributed by atoms with Crippen LogP contribution >= 0.6 is 0 Å². The van der Waals surface area contributed by atoms with Gasteiger partial charge in [0.05, 0.1) is 19.3 Å². The summed E-state index contributed by atoms with van der Waals surface area (Å²) in [4.78, 5) is 31.3. The van der Waals surface area contributed by atoms with Crippen LogP contribution in [0.1, 0.15) is 22.0 Å². The molecule has 0 fully saturated rings. The quantitative estimate of drug-likeness (QED) is 0.734. The van der Waals surface area contributed by atoms with E-state index in [2.05, 4.69) is 25.3 Å². The summed E-state index contributed by atoms with van der Waals surface area (Å²) in [5.41, 5.74) is 1.87. The van der Waals surface area contributed by atoms with Crippen molar-refractivity contribution in [3.8, 4) is 6.01 Å². The minimum atomic E-state index is -0.248. The summed E-state index contributed by atoms with van der Waals surface area (Å²) in [6, 6.07) is 5.78. The van der Waals surface area contributed by atoms with Gasteiger partial charge in [-0.2, -0.15) is 15.0 Å². The molecule has 1 amide bonds. The number of carbonyl (C=O) groups excluding carboxylic acids is 1. The van der Waals surface area contributed by atoms with E-state index in [0.29, 0.717) is 23.2 Å². The number of amides is 1. The third-order valence-corrected chi connectivity index (χ3v) is 3.56. The van der Waals surface area contributed by atoms with Crippen LogP contribution < -0.4 is 15.0 Å². The summed E-state index contributed by atoms with van der Waals surface area (Å²) in [6.07, 6.45) is 1.81. The lowest BCUT2D eigenvalue weighted by Crippen LogP contribution is -2.26. The monoisotopic (exact) mass is 341 g/mol. The fourth-order valence-corrected chi connectivity index (χ4v) is 2.39. The van der Waals surface area contributed by atoms with Crippen LogP contribution in [0.2, 0.25) is 0 Å². The first kappa shape index (κ1) is 16.6. The number of rotatable bonds is 5. The Balaban J connectivity index is 1.82. The summed E-state index contributed by atoms with van der Waals surface area (Å²) in [5.74, 6) is 0.624. The van der Waals surface area contributed by atoms with E-state index in [-0.39, 0.29) is 18.5 Å². The molecule has 0 aliphatic carbocycles. The number of ether oxygens (including phenoxy) is 1. The van der Waals surface area contributed by atoms with Crippen LogP contribution in [0.5, 0.6) is 6.01 Å². The number of aromatic nitrogens is 5. The molecule has 0 saturated heterocycles. The molecule has 0 bridgehead atoms.